The lowest BCUT2D eigenvalue weighted by atomic mass is 9.82. The second-order valence-electron chi connectivity index (χ2n) is 13.4. The molecule has 8 aromatic rings. The Labute approximate surface area is 280 Å². The summed E-state index contributed by atoms with van der Waals surface area (Å²) in [7, 11) is 0. The standard InChI is InChI=1S/C44H34N4/c1-27-15-8-9-19-30(27)40-28(2)16-14-22-33(40)42-45-41(29-17-6-5-7-18-29)46-43(47-42)48-38-24-13-11-21-32(38)35-25-37-34(26-39(35)48)31-20-10-12-23-36(31)44(37,3)4/h5-26H,1-4H3. The highest BCUT2D eigenvalue weighted by atomic mass is 15.2. The summed E-state index contributed by atoms with van der Waals surface area (Å²) in [5, 5.41) is 2.38. The minimum atomic E-state index is -0.0960. The van der Waals surface area contributed by atoms with Crippen LogP contribution < -0.4 is 0 Å². The number of aromatic nitrogens is 4. The monoisotopic (exact) mass is 618 g/mol. The number of rotatable bonds is 4. The van der Waals surface area contributed by atoms with E-state index in [0.29, 0.717) is 17.6 Å². The summed E-state index contributed by atoms with van der Waals surface area (Å²) in [5.41, 5.74) is 14.0. The molecule has 0 atom stereocenters. The van der Waals surface area contributed by atoms with Crippen molar-refractivity contribution in [1.82, 2.24) is 19.5 Å². The number of aryl methyl sites for hydroxylation is 2. The fourth-order valence-electron chi connectivity index (χ4n) is 7.75. The highest BCUT2D eigenvalue weighted by molar-refractivity contribution is 6.11. The molecule has 0 N–H and O–H groups in total. The Balaban J connectivity index is 1.37. The van der Waals surface area contributed by atoms with Gasteiger partial charge in [-0.05, 0) is 76.6 Å². The van der Waals surface area contributed by atoms with Crippen molar-refractivity contribution in [3.05, 3.63) is 156 Å². The summed E-state index contributed by atoms with van der Waals surface area (Å²) in [5.74, 6) is 1.90. The second kappa shape index (κ2) is 10.6. The third kappa shape index (κ3) is 4.19. The largest absolute Gasteiger partial charge is 0.278 e. The Morgan fingerprint density at radius 2 is 1.15 bits per heavy atom. The van der Waals surface area contributed by atoms with Gasteiger partial charge in [0.1, 0.15) is 0 Å². The van der Waals surface area contributed by atoms with Crippen LogP contribution in [0.25, 0.3) is 72.8 Å². The van der Waals surface area contributed by atoms with Gasteiger partial charge in [0, 0.05) is 27.3 Å². The summed E-state index contributed by atoms with van der Waals surface area (Å²) >= 11 is 0. The summed E-state index contributed by atoms with van der Waals surface area (Å²) in [6.07, 6.45) is 0. The number of hydrogen-bond acceptors (Lipinski definition) is 3. The number of para-hydroxylation sites is 1. The van der Waals surface area contributed by atoms with Gasteiger partial charge in [-0.3, -0.25) is 4.57 Å². The van der Waals surface area contributed by atoms with E-state index in [4.69, 9.17) is 15.0 Å². The molecule has 4 heteroatoms. The second-order valence-corrected chi connectivity index (χ2v) is 13.4. The average molecular weight is 619 g/mol. The van der Waals surface area contributed by atoms with Gasteiger partial charge in [-0.1, -0.05) is 129 Å². The molecule has 0 amide bonds. The lowest BCUT2D eigenvalue weighted by Gasteiger charge is -2.21. The van der Waals surface area contributed by atoms with Crippen LogP contribution in [0.15, 0.2) is 133 Å². The predicted octanol–water partition coefficient (Wildman–Crippen LogP) is 10.9. The van der Waals surface area contributed by atoms with Gasteiger partial charge in [-0.15, -0.1) is 0 Å². The first-order valence-corrected chi connectivity index (χ1v) is 16.6. The van der Waals surface area contributed by atoms with Crippen LogP contribution in [0.4, 0.5) is 0 Å². The van der Waals surface area contributed by atoms with Gasteiger partial charge in [0.05, 0.1) is 11.0 Å². The van der Waals surface area contributed by atoms with E-state index in [2.05, 4.69) is 148 Å². The molecule has 0 fully saturated rings. The normalized spacial score (nSPS) is 13.2. The first-order valence-electron chi connectivity index (χ1n) is 16.6. The van der Waals surface area contributed by atoms with Crippen molar-refractivity contribution in [2.24, 2.45) is 0 Å². The zero-order valence-electron chi connectivity index (χ0n) is 27.5. The summed E-state index contributed by atoms with van der Waals surface area (Å²) in [6, 6.07) is 47.4. The average Bonchev–Trinajstić information content (AvgIpc) is 3.56. The fraction of sp³-hybridized carbons (Fsp3) is 0.114. The van der Waals surface area contributed by atoms with Gasteiger partial charge >= 0.3 is 0 Å². The third-order valence-corrected chi connectivity index (χ3v) is 10.2. The summed E-state index contributed by atoms with van der Waals surface area (Å²) in [4.78, 5) is 15.7. The van der Waals surface area contributed by atoms with Gasteiger partial charge in [0.15, 0.2) is 11.6 Å². The van der Waals surface area contributed by atoms with Crippen LogP contribution in [0.5, 0.6) is 0 Å². The Bertz CT molecular complexity index is 2560. The number of benzene rings is 6. The predicted molar refractivity (Wildman–Crippen MR) is 198 cm³/mol. The van der Waals surface area contributed by atoms with Crippen molar-refractivity contribution >= 4 is 21.8 Å². The van der Waals surface area contributed by atoms with Crippen molar-refractivity contribution in [3.8, 4) is 51.0 Å². The molecule has 6 aromatic carbocycles. The third-order valence-electron chi connectivity index (χ3n) is 10.2. The topological polar surface area (TPSA) is 43.6 Å². The molecule has 0 saturated carbocycles. The molecule has 2 heterocycles. The van der Waals surface area contributed by atoms with Crippen LogP contribution in [0, 0.1) is 13.8 Å². The van der Waals surface area contributed by atoms with Gasteiger partial charge < -0.3 is 0 Å². The van der Waals surface area contributed by atoms with Crippen LogP contribution in [0.1, 0.15) is 36.1 Å². The first kappa shape index (κ1) is 28.4. The molecule has 2 aromatic heterocycles. The van der Waals surface area contributed by atoms with Gasteiger partial charge in [0.25, 0.3) is 0 Å². The smallest absolute Gasteiger partial charge is 0.238 e. The van der Waals surface area contributed by atoms with Crippen LogP contribution in [0.2, 0.25) is 0 Å². The maximum atomic E-state index is 5.34. The van der Waals surface area contributed by atoms with E-state index in [1.165, 1.54) is 49.7 Å². The van der Waals surface area contributed by atoms with Crippen molar-refractivity contribution in [2.45, 2.75) is 33.1 Å². The molecule has 0 bridgehead atoms. The minimum absolute atomic E-state index is 0.0960. The van der Waals surface area contributed by atoms with Crippen LogP contribution in [-0.4, -0.2) is 19.5 Å². The Hall–Kier alpha value is -5.87. The number of hydrogen-bond donors (Lipinski definition) is 0. The molecule has 0 radical (unpaired) electrons. The SMILES string of the molecule is Cc1ccccc1-c1c(C)cccc1-c1nc(-c2ccccc2)nc(-n2c3ccccc3c3cc4c(cc32)-c2ccccc2C4(C)C)n1. The summed E-state index contributed by atoms with van der Waals surface area (Å²) < 4.78 is 2.24. The molecule has 0 unspecified atom stereocenters. The molecule has 4 nitrogen and oxygen atoms in total. The molecular formula is C44H34N4. The molecule has 0 saturated heterocycles. The fourth-order valence-corrected chi connectivity index (χ4v) is 7.75. The van der Waals surface area contributed by atoms with E-state index < -0.39 is 0 Å². The molecule has 9 rings (SSSR count). The Morgan fingerprint density at radius 3 is 1.98 bits per heavy atom. The zero-order chi connectivity index (χ0) is 32.6. The van der Waals surface area contributed by atoms with Crippen LogP contribution >= 0.6 is 0 Å². The highest BCUT2D eigenvalue weighted by Gasteiger charge is 2.36. The molecule has 0 aliphatic heterocycles. The lowest BCUT2D eigenvalue weighted by molar-refractivity contribution is 0.661. The summed E-state index contributed by atoms with van der Waals surface area (Å²) in [6.45, 7) is 9.00. The number of nitrogens with zero attached hydrogens (tertiary/aromatic N) is 4. The molecule has 1 aliphatic rings. The van der Waals surface area contributed by atoms with E-state index in [1.807, 2.05) is 18.2 Å². The molecule has 0 spiro atoms. The van der Waals surface area contributed by atoms with Crippen LogP contribution in [0.3, 0.4) is 0 Å². The van der Waals surface area contributed by atoms with Crippen molar-refractivity contribution in [1.29, 1.82) is 0 Å². The van der Waals surface area contributed by atoms with Crippen molar-refractivity contribution in [2.75, 3.05) is 0 Å². The number of fused-ring (bicyclic) bond motifs is 6. The Kier molecular flexibility index (Phi) is 6.25. The van der Waals surface area contributed by atoms with E-state index in [9.17, 15) is 0 Å². The van der Waals surface area contributed by atoms with Crippen molar-refractivity contribution < 1.29 is 0 Å². The van der Waals surface area contributed by atoms with Gasteiger partial charge in [-0.2, -0.15) is 9.97 Å². The van der Waals surface area contributed by atoms with Gasteiger partial charge in [0.2, 0.25) is 5.95 Å². The minimum Gasteiger partial charge on any atom is -0.278 e. The van der Waals surface area contributed by atoms with E-state index >= 15 is 0 Å². The molecular weight excluding hydrogens is 585 g/mol. The maximum Gasteiger partial charge on any atom is 0.238 e. The first-order chi connectivity index (χ1) is 23.4. The molecule has 230 valence electrons. The van der Waals surface area contributed by atoms with Crippen molar-refractivity contribution in [3.63, 3.8) is 0 Å². The van der Waals surface area contributed by atoms with Crippen LogP contribution in [-0.2, 0) is 5.41 Å². The highest BCUT2D eigenvalue weighted by Crippen LogP contribution is 2.51. The van der Waals surface area contributed by atoms with E-state index in [-0.39, 0.29) is 5.41 Å². The van der Waals surface area contributed by atoms with E-state index in [0.717, 1.165) is 27.7 Å². The lowest BCUT2D eigenvalue weighted by Crippen LogP contribution is -2.14. The Morgan fingerprint density at radius 1 is 0.479 bits per heavy atom. The molecule has 1 aliphatic carbocycles. The zero-order valence-corrected chi connectivity index (χ0v) is 27.5. The molecule has 48 heavy (non-hydrogen) atoms. The van der Waals surface area contributed by atoms with Gasteiger partial charge in [-0.25, -0.2) is 4.98 Å². The quantitative estimate of drug-likeness (QED) is 0.197. The maximum absolute atomic E-state index is 5.34. The van der Waals surface area contributed by atoms with E-state index in [1.54, 1.807) is 0 Å².